The Morgan fingerprint density at radius 1 is 1.21 bits per heavy atom. The molecule has 4 heteroatoms. The van der Waals surface area contributed by atoms with E-state index >= 15 is 0 Å². The normalized spacial score (nSPS) is 12.2. The molecule has 0 aliphatic carbocycles. The van der Waals surface area contributed by atoms with Gasteiger partial charge in [-0.1, -0.05) is 23.8 Å². The number of benzene rings is 2. The predicted octanol–water partition coefficient (Wildman–Crippen LogP) is 3.45. The van der Waals surface area contributed by atoms with Gasteiger partial charge in [0, 0.05) is 10.5 Å². The molecule has 2 nitrogen and oxygen atoms in total. The molecule has 0 aromatic heterocycles. The fraction of sp³-hybridized carbons (Fsp3) is 0.200. The Bertz CT molecular complexity index is 611. The topological polar surface area (TPSA) is 26.3 Å². The van der Waals surface area contributed by atoms with E-state index in [0.717, 1.165) is 11.1 Å². The van der Waals surface area contributed by atoms with Crippen LogP contribution in [0.3, 0.4) is 0 Å². The first-order chi connectivity index (χ1) is 9.10. The fourth-order valence-electron chi connectivity index (χ4n) is 1.85. The Morgan fingerprint density at radius 2 is 2.00 bits per heavy atom. The molecule has 100 valence electrons. The highest BCUT2D eigenvalue weighted by Gasteiger charge is 2.10. The molecule has 0 radical (unpaired) electrons. The highest BCUT2D eigenvalue weighted by molar-refractivity contribution is 7.84. The van der Waals surface area contributed by atoms with Crippen molar-refractivity contribution in [3.63, 3.8) is 0 Å². The van der Waals surface area contributed by atoms with E-state index < -0.39 is 10.8 Å². The number of ether oxygens (including phenoxy) is 1. The van der Waals surface area contributed by atoms with E-state index in [0.29, 0.717) is 16.4 Å². The zero-order chi connectivity index (χ0) is 13.8. The third-order valence-electron chi connectivity index (χ3n) is 2.78. The highest BCUT2D eigenvalue weighted by Crippen LogP contribution is 2.23. The molecule has 0 spiro atoms. The summed E-state index contributed by atoms with van der Waals surface area (Å²) in [4.78, 5) is 0.489. The number of aryl methyl sites for hydroxylation is 1. The summed E-state index contributed by atoms with van der Waals surface area (Å²) in [5.41, 5.74) is 1.94. The molecule has 0 amide bonds. The van der Waals surface area contributed by atoms with Gasteiger partial charge in [-0.3, -0.25) is 4.21 Å². The Kier molecular flexibility index (Phi) is 4.32. The monoisotopic (exact) mass is 278 g/mol. The number of rotatable bonds is 4. The zero-order valence-electron chi connectivity index (χ0n) is 10.9. The summed E-state index contributed by atoms with van der Waals surface area (Å²) in [6.45, 7) is 1.97. The Morgan fingerprint density at radius 3 is 2.68 bits per heavy atom. The average Bonchev–Trinajstić information content (AvgIpc) is 2.39. The highest BCUT2D eigenvalue weighted by atomic mass is 32.2. The number of halogens is 1. The summed E-state index contributed by atoms with van der Waals surface area (Å²) in [6, 6.07) is 11.6. The van der Waals surface area contributed by atoms with Crippen LogP contribution in [0.15, 0.2) is 47.4 Å². The van der Waals surface area contributed by atoms with Gasteiger partial charge in [-0.25, -0.2) is 4.39 Å². The minimum Gasteiger partial charge on any atom is -0.496 e. The third-order valence-corrected chi connectivity index (χ3v) is 4.13. The van der Waals surface area contributed by atoms with Gasteiger partial charge in [0.1, 0.15) is 11.6 Å². The minimum absolute atomic E-state index is 0.314. The molecule has 0 fully saturated rings. The first-order valence-corrected chi connectivity index (χ1v) is 7.19. The quantitative estimate of drug-likeness (QED) is 0.856. The third kappa shape index (κ3) is 3.41. The summed E-state index contributed by atoms with van der Waals surface area (Å²) in [5.74, 6) is 0.645. The standard InChI is InChI=1S/C15H15FO2S/c1-11-6-7-15(18-2)12(8-11)10-19(17)14-5-3-4-13(16)9-14/h3-9H,10H2,1-2H3. The molecule has 0 bridgehead atoms. The van der Waals surface area contributed by atoms with Crippen molar-refractivity contribution < 1.29 is 13.3 Å². The molecule has 2 rings (SSSR count). The van der Waals surface area contributed by atoms with Crippen LogP contribution in [-0.4, -0.2) is 11.3 Å². The van der Waals surface area contributed by atoms with Gasteiger partial charge in [-0.2, -0.15) is 0 Å². The lowest BCUT2D eigenvalue weighted by Gasteiger charge is -2.09. The molecule has 0 saturated carbocycles. The van der Waals surface area contributed by atoms with Gasteiger partial charge in [0.05, 0.1) is 23.7 Å². The van der Waals surface area contributed by atoms with E-state index in [4.69, 9.17) is 4.74 Å². The van der Waals surface area contributed by atoms with Gasteiger partial charge in [0.2, 0.25) is 0 Å². The Hall–Kier alpha value is -1.68. The maximum absolute atomic E-state index is 13.1. The lowest BCUT2D eigenvalue weighted by Crippen LogP contribution is -2.00. The Balaban J connectivity index is 2.26. The molecule has 0 heterocycles. The van der Waals surface area contributed by atoms with E-state index in [2.05, 4.69) is 0 Å². The average molecular weight is 278 g/mol. The molecule has 1 unspecified atom stereocenters. The van der Waals surface area contributed by atoms with Crippen LogP contribution in [0.1, 0.15) is 11.1 Å². The molecular weight excluding hydrogens is 263 g/mol. The number of hydrogen-bond acceptors (Lipinski definition) is 2. The second-order valence-corrected chi connectivity index (χ2v) is 5.71. The first kappa shape index (κ1) is 13.7. The van der Waals surface area contributed by atoms with Crippen LogP contribution >= 0.6 is 0 Å². The van der Waals surface area contributed by atoms with Crippen molar-refractivity contribution in [2.75, 3.05) is 7.11 Å². The van der Waals surface area contributed by atoms with Crippen molar-refractivity contribution in [1.82, 2.24) is 0 Å². The van der Waals surface area contributed by atoms with Crippen molar-refractivity contribution >= 4 is 10.8 Å². The molecule has 2 aromatic carbocycles. The summed E-state index contributed by atoms with van der Waals surface area (Å²) in [7, 11) is 0.298. The zero-order valence-corrected chi connectivity index (χ0v) is 11.7. The molecule has 0 saturated heterocycles. The maximum Gasteiger partial charge on any atom is 0.124 e. The van der Waals surface area contributed by atoms with Crippen LogP contribution in [-0.2, 0) is 16.6 Å². The minimum atomic E-state index is -1.28. The molecule has 0 N–H and O–H groups in total. The van der Waals surface area contributed by atoms with Crippen LogP contribution in [0, 0.1) is 12.7 Å². The lowest BCUT2D eigenvalue weighted by molar-refractivity contribution is 0.411. The van der Waals surface area contributed by atoms with Crippen molar-refractivity contribution in [3.8, 4) is 5.75 Å². The molecule has 1 atom stereocenters. The molecular formula is C15H15FO2S. The lowest BCUT2D eigenvalue weighted by atomic mass is 10.1. The Labute approximate surface area is 114 Å². The second-order valence-electron chi connectivity index (χ2n) is 4.26. The second kappa shape index (κ2) is 5.97. The van der Waals surface area contributed by atoms with Crippen LogP contribution in [0.25, 0.3) is 0 Å². The van der Waals surface area contributed by atoms with Crippen molar-refractivity contribution in [3.05, 3.63) is 59.4 Å². The predicted molar refractivity (Wildman–Crippen MR) is 74.2 cm³/mol. The summed E-state index contributed by atoms with van der Waals surface area (Å²) in [5, 5.41) is 0. The van der Waals surface area contributed by atoms with Gasteiger partial charge in [-0.15, -0.1) is 0 Å². The van der Waals surface area contributed by atoms with E-state index in [1.165, 1.54) is 12.1 Å². The van der Waals surface area contributed by atoms with E-state index in [9.17, 15) is 8.60 Å². The van der Waals surface area contributed by atoms with Crippen molar-refractivity contribution in [2.24, 2.45) is 0 Å². The van der Waals surface area contributed by atoms with E-state index in [-0.39, 0.29) is 5.82 Å². The largest absolute Gasteiger partial charge is 0.496 e. The van der Waals surface area contributed by atoms with Crippen molar-refractivity contribution in [1.29, 1.82) is 0 Å². The summed E-state index contributed by atoms with van der Waals surface area (Å²) in [6.07, 6.45) is 0. The van der Waals surface area contributed by atoms with Crippen LogP contribution < -0.4 is 4.74 Å². The van der Waals surface area contributed by atoms with Crippen LogP contribution in [0.4, 0.5) is 4.39 Å². The number of methoxy groups -OCH3 is 1. The van der Waals surface area contributed by atoms with Gasteiger partial charge >= 0.3 is 0 Å². The molecule has 0 aliphatic rings. The van der Waals surface area contributed by atoms with Crippen LogP contribution in [0.2, 0.25) is 0 Å². The fourth-order valence-corrected chi connectivity index (χ4v) is 3.00. The molecule has 19 heavy (non-hydrogen) atoms. The van der Waals surface area contributed by atoms with Gasteiger partial charge in [-0.05, 0) is 31.2 Å². The van der Waals surface area contributed by atoms with E-state index in [1.807, 2.05) is 25.1 Å². The van der Waals surface area contributed by atoms with E-state index in [1.54, 1.807) is 19.2 Å². The number of hydrogen-bond donors (Lipinski definition) is 0. The molecule has 2 aromatic rings. The van der Waals surface area contributed by atoms with Crippen molar-refractivity contribution in [2.45, 2.75) is 17.6 Å². The smallest absolute Gasteiger partial charge is 0.124 e. The van der Waals surface area contributed by atoms with Gasteiger partial charge in [0.25, 0.3) is 0 Å². The molecule has 0 aliphatic heterocycles. The van der Waals surface area contributed by atoms with Gasteiger partial charge in [0.15, 0.2) is 0 Å². The summed E-state index contributed by atoms with van der Waals surface area (Å²) < 4.78 is 30.6. The van der Waals surface area contributed by atoms with Gasteiger partial charge < -0.3 is 4.74 Å². The summed E-state index contributed by atoms with van der Waals surface area (Å²) >= 11 is 0. The SMILES string of the molecule is COc1ccc(C)cc1CS(=O)c1cccc(F)c1. The van der Waals surface area contributed by atoms with Crippen LogP contribution in [0.5, 0.6) is 5.75 Å². The maximum atomic E-state index is 13.1. The first-order valence-electron chi connectivity index (χ1n) is 5.87.